The Bertz CT molecular complexity index is 1190. The molecule has 0 radical (unpaired) electrons. The van der Waals surface area contributed by atoms with Gasteiger partial charge in [0.15, 0.2) is 6.29 Å². The van der Waals surface area contributed by atoms with E-state index < -0.39 is 0 Å². The Morgan fingerprint density at radius 3 is 2.10 bits per heavy atom. The first-order valence-electron chi connectivity index (χ1n) is 15.4. The number of rotatable bonds is 17. The third-order valence-corrected chi connectivity index (χ3v) is 8.07. The number of hydrogen-bond donors (Lipinski definition) is 2. The maximum atomic E-state index is 10.3. The fourth-order valence-corrected chi connectivity index (χ4v) is 4.94. The van der Waals surface area contributed by atoms with Crippen LogP contribution in [0.3, 0.4) is 0 Å². The molecule has 0 amide bonds. The molecule has 3 aromatic rings. The Hall–Kier alpha value is -3.02. The number of aryl methyl sites for hydroxylation is 2. The Morgan fingerprint density at radius 2 is 1.41 bits per heavy atom. The highest BCUT2D eigenvalue weighted by atomic mass is 16.7. The fraction of sp³-hybridized carbons (Fsp3) is 0.500. The van der Waals surface area contributed by atoms with Crippen LogP contribution in [0.25, 0.3) is 0 Å². The zero-order valence-corrected chi connectivity index (χ0v) is 26.0. The summed E-state index contributed by atoms with van der Waals surface area (Å²) in [5, 5.41) is 10.3. The van der Waals surface area contributed by atoms with Crippen LogP contribution in [0, 0.1) is 0 Å². The topological polar surface area (TPSA) is 73.9 Å². The zero-order chi connectivity index (χ0) is 29.8. The summed E-state index contributed by atoms with van der Waals surface area (Å²) >= 11 is 0. The third kappa shape index (κ3) is 10.1. The van der Waals surface area contributed by atoms with Crippen molar-refractivity contribution < 1.29 is 19.3 Å². The predicted molar refractivity (Wildman–Crippen MR) is 169 cm³/mol. The standard InChI is InChI=1S/C36H51NO4/c1-7-25(3)30-14-17-33(18-15-30)41-28(6)39-21-22-40-36-20-13-29(23-34(36)27(5)37)11-9-10-12-32-24-31(26(4)8-2)16-19-35(32)38/h13-20,23-28,38H,7-12,21-22,37H2,1-6H3. The van der Waals surface area contributed by atoms with E-state index in [1.165, 1.54) is 16.7 Å². The molecule has 41 heavy (non-hydrogen) atoms. The largest absolute Gasteiger partial charge is 0.508 e. The summed E-state index contributed by atoms with van der Waals surface area (Å²) in [6.45, 7) is 13.6. The molecule has 3 N–H and O–H groups in total. The summed E-state index contributed by atoms with van der Waals surface area (Å²) in [6.07, 6.45) is 5.74. The molecule has 0 aliphatic carbocycles. The normalized spacial score (nSPS) is 14.3. The number of aromatic hydroxyl groups is 1. The minimum absolute atomic E-state index is 0.133. The second-order valence-electron chi connectivity index (χ2n) is 11.3. The number of hydrogen-bond acceptors (Lipinski definition) is 5. The molecular formula is C36H51NO4. The molecule has 0 aliphatic rings. The zero-order valence-electron chi connectivity index (χ0n) is 26.0. The Morgan fingerprint density at radius 1 is 0.756 bits per heavy atom. The smallest absolute Gasteiger partial charge is 0.197 e. The van der Waals surface area contributed by atoms with E-state index >= 15 is 0 Å². The highest BCUT2D eigenvalue weighted by Crippen LogP contribution is 2.28. The van der Waals surface area contributed by atoms with Crippen LogP contribution in [0.1, 0.15) is 113 Å². The Labute approximate surface area is 248 Å². The maximum Gasteiger partial charge on any atom is 0.197 e. The van der Waals surface area contributed by atoms with Gasteiger partial charge in [-0.3, -0.25) is 0 Å². The quantitative estimate of drug-likeness (QED) is 0.127. The van der Waals surface area contributed by atoms with Crippen LogP contribution in [-0.4, -0.2) is 24.6 Å². The molecule has 0 bridgehead atoms. The molecule has 4 unspecified atom stereocenters. The summed E-state index contributed by atoms with van der Waals surface area (Å²) in [6, 6.07) is 20.5. The lowest BCUT2D eigenvalue weighted by Gasteiger charge is -2.18. The molecule has 3 aromatic carbocycles. The number of phenolic OH excluding ortho intramolecular Hbond substituents is 1. The minimum atomic E-state index is -0.372. The molecular weight excluding hydrogens is 510 g/mol. The number of phenols is 1. The maximum absolute atomic E-state index is 10.3. The van der Waals surface area contributed by atoms with Crippen LogP contribution in [0.4, 0.5) is 0 Å². The molecule has 0 heterocycles. The van der Waals surface area contributed by atoms with Gasteiger partial charge in [-0.1, -0.05) is 64.1 Å². The lowest BCUT2D eigenvalue weighted by molar-refractivity contribution is -0.0739. The van der Waals surface area contributed by atoms with Crippen LogP contribution in [0.5, 0.6) is 17.2 Å². The van der Waals surface area contributed by atoms with Gasteiger partial charge < -0.3 is 25.1 Å². The van der Waals surface area contributed by atoms with Crippen LogP contribution in [0.2, 0.25) is 0 Å². The molecule has 5 heteroatoms. The summed E-state index contributed by atoms with van der Waals surface area (Å²) in [5.41, 5.74) is 12.2. The SMILES string of the molecule is CCC(C)c1ccc(OC(C)OCCOc2ccc(CCCCc3cc(C(C)CC)ccc3O)cc2C(C)N)cc1. The summed E-state index contributed by atoms with van der Waals surface area (Å²) in [4.78, 5) is 0. The lowest BCUT2D eigenvalue weighted by atomic mass is 9.94. The number of unbranched alkanes of at least 4 members (excludes halogenated alkanes) is 1. The third-order valence-electron chi connectivity index (χ3n) is 8.07. The highest BCUT2D eigenvalue weighted by molar-refractivity contribution is 5.40. The first-order chi connectivity index (χ1) is 19.7. The molecule has 0 fully saturated rings. The van der Waals surface area contributed by atoms with E-state index in [0.717, 1.165) is 61.2 Å². The van der Waals surface area contributed by atoms with Crippen LogP contribution in [-0.2, 0) is 17.6 Å². The molecule has 0 spiro atoms. The van der Waals surface area contributed by atoms with E-state index in [4.69, 9.17) is 19.9 Å². The van der Waals surface area contributed by atoms with Crippen molar-refractivity contribution in [3.05, 3.63) is 88.5 Å². The van der Waals surface area contributed by atoms with Crippen molar-refractivity contribution >= 4 is 0 Å². The van der Waals surface area contributed by atoms with Crippen LogP contribution >= 0.6 is 0 Å². The number of benzene rings is 3. The highest BCUT2D eigenvalue weighted by Gasteiger charge is 2.12. The molecule has 3 rings (SSSR count). The van der Waals surface area contributed by atoms with Gasteiger partial charge in [-0.15, -0.1) is 0 Å². The van der Waals surface area contributed by atoms with Gasteiger partial charge in [0, 0.05) is 11.6 Å². The first-order valence-corrected chi connectivity index (χ1v) is 15.4. The molecule has 0 saturated carbocycles. The van der Waals surface area contributed by atoms with Crippen molar-refractivity contribution in [3.63, 3.8) is 0 Å². The first kappa shape index (κ1) is 32.5. The molecule has 0 aromatic heterocycles. The van der Waals surface area contributed by atoms with E-state index in [-0.39, 0.29) is 12.3 Å². The second kappa shape index (κ2) is 16.4. The van der Waals surface area contributed by atoms with Gasteiger partial charge in [-0.2, -0.15) is 0 Å². The molecule has 0 aliphatic heterocycles. The average Bonchev–Trinajstić information content (AvgIpc) is 2.98. The van der Waals surface area contributed by atoms with Crippen molar-refractivity contribution in [1.29, 1.82) is 0 Å². The number of ether oxygens (including phenoxy) is 3. The van der Waals surface area contributed by atoms with Crippen molar-refractivity contribution in [3.8, 4) is 17.2 Å². The van der Waals surface area contributed by atoms with Gasteiger partial charge in [0.1, 0.15) is 23.9 Å². The van der Waals surface area contributed by atoms with Gasteiger partial charge in [0.05, 0.1) is 6.61 Å². The van der Waals surface area contributed by atoms with Crippen molar-refractivity contribution in [1.82, 2.24) is 0 Å². The van der Waals surface area contributed by atoms with Gasteiger partial charge in [0.2, 0.25) is 0 Å². The molecule has 0 saturated heterocycles. The van der Waals surface area contributed by atoms with Gasteiger partial charge >= 0.3 is 0 Å². The predicted octanol–water partition coefficient (Wildman–Crippen LogP) is 8.82. The van der Waals surface area contributed by atoms with Crippen LogP contribution < -0.4 is 15.2 Å². The van der Waals surface area contributed by atoms with E-state index in [0.29, 0.717) is 30.8 Å². The minimum Gasteiger partial charge on any atom is -0.508 e. The summed E-state index contributed by atoms with van der Waals surface area (Å²) in [7, 11) is 0. The van der Waals surface area contributed by atoms with Gasteiger partial charge in [-0.05, 0) is 111 Å². The van der Waals surface area contributed by atoms with E-state index in [2.05, 4.69) is 58.0 Å². The van der Waals surface area contributed by atoms with E-state index in [9.17, 15) is 5.11 Å². The molecule has 224 valence electrons. The summed E-state index contributed by atoms with van der Waals surface area (Å²) in [5.74, 6) is 3.05. The van der Waals surface area contributed by atoms with Crippen molar-refractivity contribution in [2.75, 3.05) is 13.2 Å². The fourth-order valence-electron chi connectivity index (χ4n) is 4.94. The lowest BCUT2D eigenvalue weighted by Crippen LogP contribution is -2.20. The monoisotopic (exact) mass is 561 g/mol. The van der Waals surface area contributed by atoms with Crippen LogP contribution in [0.15, 0.2) is 60.7 Å². The van der Waals surface area contributed by atoms with Gasteiger partial charge in [-0.25, -0.2) is 0 Å². The Balaban J connectivity index is 1.44. The second-order valence-corrected chi connectivity index (χ2v) is 11.3. The van der Waals surface area contributed by atoms with Crippen molar-refractivity contribution in [2.24, 2.45) is 5.73 Å². The van der Waals surface area contributed by atoms with E-state index in [1.54, 1.807) is 0 Å². The molecule has 4 atom stereocenters. The van der Waals surface area contributed by atoms with E-state index in [1.807, 2.05) is 44.2 Å². The number of nitrogens with two attached hydrogens (primary N) is 1. The average molecular weight is 562 g/mol. The van der Waals surface area contributed by atoms with Gasteiger partial charge in [0.25, 0.3) is 0 Å². The Kier molecular flexibility index (Phi) is 13.0. The molecule has 5 nitrogen and oxygen atoms in total. The summed E-state index contributed by atoms with van der Waals surface area (Å²) < 4.78 is 17.8. The van der Waals surface area contributed by atoms with Crippen molar-refractivity contribution in [2.45, 2.75) is 104 Å².